The highest BCUT2D eigenvalue weighted by molar-refractivity contribution is 7.99. The first kappa shape index (κ1) is 16.5. The number of nitrogens with one attached hydrogen (secondary N) is 1. The quantitative estimate of drug-likeness (QED) is 0.575. The maximum Gasteiger partial charge on any atom is 0.0948 e. The lowest BCUT2D eigenvalue weighted by atomic mass is 10.2. The van der Waals surface area contributed by atoms with Crippen LogP contribution in [0.25, 0.3) is 11.3 Å². The summed E-state index contributed by atoms with van der Waals surface area (Å²) in [6, 6.07) is 10.6. The van der Waals surface area contributed by atoms with Gasteiger partial charge in [0, 0.05) is 34.4 Å². The van der Waals surface area contributed by atoms with Crippen molar-refractivity contribution in [1.82, 2.24) is 10.4 Å². The summed E-state index contributed by atoms with van der Waals surface area (Å²) in [5.74, 6) is 6.70. The molecule has 21 heavy (non-hydrogen) atoms. The number of nitrogens with zero attached hydrogens (tertiary/aromatic N) is 1. The second kappa shape index (κ2) is 8.54. The van der Waals surface area contributed by atoms with Crippen LogP contribution in [0.4, 0.5) is 0 Å². The Labute approximate surface area is 135 Å². The van der Waals surface area contributed by atoms with Gasteiger partial charge in [-0.15, -0.1) is 11.3 Å². The minimum atomic E-state index is 0.277. The molecule has 1 aromatic heterocycles. The van der Waals surface area contributed by atoms with Gasteiger partial charge in [-0.25, -0.2) is 4.98 Å². The third-order valence-corrected chi connectivity index (χ3v) is 5.80. The van der Waals surface area contributed by atoms with Crippen molar-refractivity contribution < 1.29 is 0 Å². The fraction of sp³-hybridized carbons (Fsp3) is 0.438. The van der Waals surface area contributed by atoms with E-state index in [9.17, 15) is 0 Å². The topological polar surface area (TPSA) is 50.9 Å². The molecule has 0 radical (unpaired) electrons. The predicted molar refractivity (Wildman–Crippen MR) is 94.6 cm³/mol. The first-order chi connectivity index (χ1) is 10.2. The Bertz CT molecular complexity index is 527. The normalized spacial score (nSPS) is 14.0. The van der Waals surface area contributed by atoms with Crippen LogP contribution < -0.4 is 11.3 Å². The first-order valence-corrected chi connectivity index (χ1v) is 9.23. The van der Waals surface area contributed by atoms with Crippen molar-refractivity contribution in [2.75, 3.05) is 5.75 Å². The lowest BCUT2D eigenvalue weighted by molar-refractivity contribution is 0.573. The molecule has 2 aromatic rings. The first-order valence-electron chi connectivity index (χ1n) is 7.30. The summed E-state index contributed by atoms with van der Waals surface area (Å²) >= 11 is 3.68. The van der Waals surface area contributed by atoms with Crippen LogP contribution in [0.1, 0.15) is 25.3 Å². The molecule has 0 fully saturated rings. The third kappa shape index (κ3) is 5.11. The molecule has 0 amide bonds. The van der Waals surface area contributed by atoms with Crippen LogP contribution in [0.15, 0.2) is 35.7 Å². The van der Waals surface area contributed by atoms with Gasteiger partial charge in [0.15, 0.2) is 0 Å². The Morgan fingerprint density at radius 2 is 2.10 bits per heavy atom. The Balaban J connectivity index is 1.94. The van der Waals surface area contributed by atoms with E-state index in [4.69, 9.17) is 10.8 Å². The highest BCUT2D eigenvalue weighted by Gasteiger charge is 2.13. The molecule has 0 spiro atoms. The van der Waals surface area contributed by atoms with E-state index in [2.05, 4.69) is 36.8 Å². The number of hydrogen-bond donors (Lipinski definition) is 2. The zero-order valence-electron chi connectivity index (χ0n) is 12.6. The number of benzene rings is 1. The molecule has 114 valence electrons. The molecule has 2 unspecified atom stereocenters. The molecule has 1 heterocycles. The van der Waals surface area contributed by atoms with E-state index in [0.29, 0.717) is 5.25 Å². The molecular formula is C16H23N3S2. The van der Waals surface area contributed by atoms with Gasteiger partial charge >= 0.3 is 0 Å². The number of thiazole rings is 1. The molecular weight excluding hydrogens is 298 g/mol. The van der Waals surface area contributed by atoms with Gasteiger partial charge in [-0.1, -0.05) is 44.2 Å². The molecule has 3 N–H and O–H groups in total. The summed E-state index contributed by atoms with van der Waals surface area (Å²) in [6.45, 7) is 4.48. The number of aromatic nitrogens is 1. The maximum absolute atomic E-state index is 5.68. The molecule has 0 saturated carbocycles. The van der Waals surface area contributed by atoms with Gasteiger partial charge in [0.1, 0.15) is 0 Å². The molecule has 5 heteroatoms. The van der Waals surface area contributed by atoms with Gasteiger partial charge in [0.2, 0.25) is 0 Å². The smallest absolute Gasteiger partial charge is 0.0948 e. The molecule has 2 rings (SSSR count). The summed E-state index contributed by atoms with van der Waals surface area (Å²) in [4.78, 5) is 4.73. The highest BCUT2D eigenvalue weighted by atomic mass is 32.2. The van der Waals surface area contributed by atoms with Crippen LogP contribution in [-0.4, -0.2) is 22.0 Å². The zero-order chi connectivity index (χ0) is 15.1. The summed E-state index contributed by atoms with van der Waals surface area (Å²) in [5, 5.41) is 3.94. The molecule has 0 aliphatic heterocycles. The largest absolute Gasteiger partial charge is 0.271 e. The minimum absolute atomic E-state index is 0.277. The zero-order valence-corrected chi connectivity index (χ0v) is 14.2. The summed E-state index contributed by atoms with van der Waals surface area (Å²) < 4.78 is 0. The average molecular weight is 322 g/mol. The van der Waals surface area contributed by atoms with Gasteiger partial charge in [0.25, 0.3) is 0 Å². The van der Waals surface area contributed by atoms with Crippen molar-refractivity contribution >= 4 is 23.1 Å². The van der Waals surface area contributed by atoms with Crippen LogP contribution in [-0.2, 0) is 6.42 Å². The fourth-order valence-electron chi connectivity index (χ4n) is 1.92. The number of hydrogen-bond acceptors (Lipinski definition) is 5. The van der Waals surface area contributed by atoms with Gasteiger partial charge in [-0.05, 0) is 6.42 Å². The van der Waals surface area contributed by atoms with Gasteiger partial charge in [-0.2, -0.15) is 11.8 Å². The number of thioether (sulfide) groups is 1. The van der Waals surface area contributed by atoms with E-state index in [-0.39, 0.29) is 6.04 Å². The van der Waals surface area contributed by atoms with Crippen LogP contribution >= 0.6 is 23.1 Å². The van der Waals surface area contributed by atoms with Crippen LogP contribution in [0.3, 0.4) is 0 Å². The average Bonchev–Trinajstić information content (AvgIpc) is 3.00. The van der Waals surface area contributed by atoms with Crippen molar-refractivity contribution in [3.8, 4) is 11.3 Å². The van der Waals surface area contributed by atoms with Crippen LogP contribution in [0, 0.1) is 0 Å². The van der Waals surface area contributed by atoms with Crippen molar-refractivity contribution in [2.24, 2.45) is 5.84 Å². The summed E-state index contributed by atoms with van der Waals surface area (Å²) in [6.07, 6.45) is 2.08. The monoisotopic (exact) mass is 321 g/mol. The molecule has 3 nitrogen and oxygen atoms in total. The van der Waals surface area contributed by atoms with E-state index in [1.807, 2.05) is 30.0 Å². The van der Waals surface area contributed by atoms with Gasteiger partial charge in [0.05, 0.1) is 10.7 Å². The van der Waals surface area contributed by atoms with Crippen LogP contribution in [0.2, 0.25) is 0 Å². The van der Waals surface area contributed by atoms with Crippen molar-refractivity contribution in [2.45, 2.75) is 38.0 Å². The van der Waals surface area contributed by atoms with E-state index in [0.717, 1.165) is 22.9 Å². The van der Waals surface area contributed by atoms with E-state index in [1.165, 1.54) is 12.0 Å². The van der Waals surface area contributed by atoms with E-state index >= 15 is 0 Å². The predicted octanol–water partition coefficient (Wildman–Crippen LogP) is 3.72. The van der Waals surface area contributed by atoms with Crippen molar-refractivity contribution in [3.05, 3.63) is 40.7 Å². The Morgan fingerprint density at radius 1 is 1.33 bits per heavy atom. The van der Waals surface area contributed by atoms with Gasteiger partial charge < -0.3 is 0 Å². The Morgan fingerprint density at radius 3 is 2.76 bits per heavy atom. The molecule has 0 aliphatic carbocycles. The lowest BCUT2D eigenvalue weighted by Gasteiger charge is -2.16. The second-order valence-electron chi connectivity index (χ2n) is 5.11. The second-order valence-corrected chi connectivity index (χ2v) is 7.53. The highest BCUT2D eigenvalue weighted by Crippen LogP contribution is 2.23. The number of nitrogens with two attached hydrogens (primary N) is 1. The standard InChI is InChI=1S/C16H23N3S2/c1-3-12(2)20-10-14(19-17)9-16-18-15(11-21-16)13-7-5-4-6-8-13/h4-8,11-12,14,19H,3,9-10,17H2,1-2H3. The lowest BCUT2D eigenvalue weighted by Crippen LogP contribution is -2.39. The molecule has 2 atom stereocenters. The fourth-order valence-corrected chi connectivity index (χ4v) is 3.82. The Hall–Kier alpha value is -0.880. The summed E-state index contributed by atoms with van der Waals surface area (Å²) in [7, 11) is 0. The van der Waals surface area contributed by atoms with Crippen molar-refractivity contribution in [1.29, 1.82) is 0 Å². The SMILES string of the molecule is CCC(C)SCC(Cc1nc(-c2ccccc2)cs1)NN. The molecule has 0 bridgehead atoms. The summed E-state index contributed by atoms with van der Waals surface area (Å²) in [5.41, 5.74) is 5.15. The minimum Gasteiger partial charge on any atom is -0.271 e. The number of hydrazine groups is 1. The third-order valence-electron chi connectivity index (χ3n) is 3.43. The van der Waals surface area contributed by atoms with E-state index in [1.54, 1.807) is 11.3 Å². The van der Waals surface area contributed by atoms with Crippen LogP contribution in [0.5, 0.6) is 0 Å². The van der Waals surface area contributed by atoms with E-state index < -0.39 is 0 Å². The molecule has 0 saturated heterocycles. The van der Waals surface area contributed by atoms with Gasteiger partial charge in [-0.3, -0.25) is 11.3 Å². The molecule has 0 aliphatic rings. The molecule has 1 aromatic carbocycles. The Kier molecular flexibility index (Phi) is 6.70. The maximum atomic E-state index is 5.68. The van der Waals surface area contributed by atoms with Crippen molar-refractivity contribution in [3.63, 3.8) is 0 Å². The number of rotatable bonds is 8.